The molecule has 0 radical (unpaired) electrons. The van der Waals surface area contributed by atoms with Crippen LogP contribution < -0.4 is 15.1 Å². The number of alkyl carbamates (subject to hydrolysis) is 1. The Morgan fingerprint density at radius 2 is 1.49 bits per heavy atom. The van der Waals surface area contributed by atoms with Crippen LogP contribution in [-0.2, 0) is 30.2 Å². The van der Waals surface area contributed by atoms with Gasteiger partial charge in [0.1, 0.15) is 23.4 Å². The molecule has 3 fully saturated rings. The molecule has 0 bridgehead atoms. The number of anilines is 2. The summed E-state index contributed by atoms with van der Waals surface area (Å²) in [7, 11) is 2.97. The van der Waals surface area contributed by atoms with Crippen molar-refractivity contribution in [3.05, 3.63) is 82.9 Å². The van der Waals surface area contributed by atoms with Crippen LogP contribution in [0.5, 0.6) is 0 Å². The molecule has 3 saturated heterocycles. The summed E-state index contributed by atoms with van der Waals surface area (Å²) in [6.07, 6.45) is 4.15. The molecule has 3 N–H and O–H groups in total. The SMILES string of the molecule is COC(=O)N[C@H](C(=O)N(I)CCCCc1nc2cc([C@@H]3CC[C@@H](c4ccc5[nH]c([C@@H]6CCCN6C(=O)C[C@@H](C)OC)nc5c4)N3c3cc(F)c(N4CC[Si](C)(C)CC4)c(F)c3)ccc2[nH]1)[C@@H](C)OC. The minimum absolute atomic E-state index is 0.0504. The van der Waals surface area contributed by atoms with E-state index < -0.39 is 37.9 Å². The van der Waals surface area contributed by atoms with Crippen molar-refractivity contribution in [2.24, 2.45) is 0 Å². The molecular formula is C50H66F2IN9O6Si. The minimum Gasteiger partial charge on any atom is -0.453 e. The number of H-pyrrole nitrogens is 2. The van der Waals surface area contributed by atoms with Crippen LogP contribution in [-0.4, -0.2) is 120 Å². The number of methoxy groups -OCH3 is 3. The van der Waals surface area contributed by atoms with E-state index in [-0.39, 0.29) is 41.7 Å². The standard InChI is InChI=1S/C50H66F2IN9O6Si/c1-30(66-3)25-45(63)60-19-10-11-43(60)48-56-38-16-14-33(27-40(38)57-48)42-18-17-41(62(42)34-28-35(51)47(36(52)29-34)59-21-23-69(6,7)24-22-59)32-13-15-37-39(26-32)55-44(54-37)12-8-9-20-61(53)49(64)46(31(2)67-4)58-50(65)68-5/h13-16,26-31,41-43,46H,8-12,17-25H2,1-7H3,(H,54,55)(H,56,57)(H,58,65)/t30-,31-,41+,42+,43+,46+/m1/s1. The van der Waals surface area contributed by atoms with Crippen molar-refractivity contribution >= 4 is 82.3 Å². The van der Waals surface area contributed by atoms with E-state index in [0.29, 0.717) is 51.1 Å². The molecule has 5 heterocycles. The van der Waals surface area contributed by atoms with Gasteiger partial charge in [0.15, 0.2) is 11.6 Å². The van der Waals surface area contributed by atoms with Gasteiger partial charge in [-0.15, -0.1) is 0 Å². The quantitative estimate of drug-likeness (QED) is 0.0354. The van der Waals surface area contributed by atoms with Crippen LogP contribution in [0.4, 0.5) is 25.0 Å². The molecule has 3 aromatic carbocycles. The van der Waals surface area contributed by atoms with Crippen LogP contribution in [0.1, 0.15) is 99.7 Å². The predicted molar refractivity (Wildman–Crippen MR) is 274 cm³/mol. The zero-order chi connectivity index (χ0) is 49.1. The fraction of sp³-hybridized carbons (Fsp3) is 0.540. The van der Waals surface area contributed by atoms with Crippen LogP contribution >= 0.6 is 22.9 Å². The van der Waals surface area contributed by atoms with Gasteiger partial charge >= 0.3 is 6.09 Å². The van der Waals surface area contributed by atoms with Gasteiger partial charge in [0, 0.05) is 52.5 Å². The maximum absolute atomic E-state index is 16.5. The van der Waals surface area contributed by atoms with Gasteiger partial charge in [-0.25, -0.2) is 23.5 Å². The number of amides is 3. The van der Waals surface area contributed by atoms with Gasteiger partial charge in [0.05, 0.1) is 96.9 Å². The number of ether oxygens (including phenoxy) is 3. The maximum atomic E-state index is 16.5. The van der Waals surface area contributed by atoms with Gasteiger partial charge in [-0.2, -0.15) is 0 Å². The monoisotopic (exact) mass is 1080 g/mol. The highest BCUT2D eigenvalue weighted by Gasteiger charge is 2.39. The summed E-state index contributed by atoms with van der Waals surface area (Å²) >= 11 is 1.97. The lowest BCUT2D eigenvalue weighted by atomic mass is 10.0. The Hall–Kier alpha value is -4.86. The second-order valence-electron chi connectivity index (χ2n) is 19.7. The number of aryl methyl sites for hydroxylation is 1. The number of unbranched alkanes of at least 4 members (excludes halogenated alkanes) is 1. The topological polar surface area (TPSA) is 161 Å². The third-order valence-electron chi connectivity index (χ3n) is 14.5. The Morgan fingerprint density at radius 1 is 0.855 bits per heavy atom. The lowest BCUT2D eigenvalue weighted by molar-refractivity contribution is -0.134. The van der Waals surface area contributed by atoms with E-state index in [4.69, 9.17) is 24.2 Å². The largest absolute Gasteiger partial charge is 0.453 e. The second-order valence-corrected chi connectivity index (χ2v) is 26.2. The van der Waals surface area contributed by atoms with Crippen LogP contribution in [0.25, 0.3) is 22.1 Å². The summed E-state index contributed by atoms with van der Waals surface area (Å²) in [5.74, 6) is 0.236. The minimum atomic E-state index is -1.38. The highest BCUT2D eigenvalue weighted by Crippen LogP contribution is 2.49. The van der Waals surface area contributed by atoms with Gasteiger partial charge in [0.25, 0.3) is 5.91 Å². The molecule has 19 heteroatoms. The Balaban J connectivity index is 1.03. The molecule has 2 aromatic heterocycles. The summed E-state index contributed by atoms with van der Waals surface area (Å²) in [6.45, 7) is 10.7. The Kier molecular flexibility index (Phi) is 15.8. The van der Waals surface area contributed by atoms with Gasteiger partial charge < -0.3 is 44.2 Å². The normalized spacial score (nSPS) is 20.7. The second kappa shape index (κ2) is 21.6. The van der Waals surface area contributed by atoms with Gasteiger partial charge in [0.2, 0.25) is 5.91 Å². The van der Waals surface area contributed by atoms with Gasteiger partial charge in [-0.05, 0) is 112 Å². The number of aromatic nitrogens is 4. The molecule has 0 aliphatic carbocycles. The first kappa shape index (κ1) is 50.5. The molecule has 3 amide bonds. The van der Waals surface area contributed by atoms with Crippen molar-refractivity contribution in [3.8, 4) is 0 Å². The maximum Gasteiger partial charge on any atom is 0.407 e. The van der Waals surface area contributed by atoms with Crippen LogP contribution in [0.3, 0.4) is 0 Å². The van der Waals surface area contributed by atoms with Gasteiger partial charge in [-0.3, -0.25) is 12.7 Å². The van der Waals surface area contributed by atoms with E-state index in [9.17, 15) is 14.4 Å². The van der Waals surface area contributed by atoms with E-state index in [1.165, 1.54) is 26.4 Å². The number of halogens is 3. The molecule has 0 unspecified atom stereocenters. The molecular weight excluding hydrogens is 1020 g/mol. The zero-order valence-electron chi connectivity index (χ0n) is 40.7. The molecule has 3 aliphatic heterocycles. The number of hydrogen-bond acceptors (Lipinski definition) is 10. The molecule has 372 valence electrons. The predicted octanol–water partition coefficient (Wildman–Crippen LogP) is 9.68. The number of nitrogens with zero attached hydrogens (tertiary/aromatic N) is 6. The van der Waals surface area contributed by atoms with Crippen molar-refractivity contribution in [1.82, 2.24) is 33.3 Å². The first-order chi connectivity index (χ1) is 33.1. The van der Waals surface area contributed by atoms with Crippen molar-refractivity contribution in [2.75, 3.05) is 57.3 Å². The van der Waals surface area contributed by atoms with Crippen molar-refractivity contribution in [1.29, 1.82) is 0 Å². The highest BCUT2D eigenvalue weighted by molar-refractivity contribution is 14.1. The number of rotatable bonds is 17. The van der Waals surface area contributed by atoms with Crippen molar-refractivity contribution in [2.45, 2.75) is 127 Å². The molecule has 0 spiro atoms. The number of aromatic amines is 2. The molecule has 6 atom stereocenters. The molecule has 5 aromatic rings. The number of imidazole rings is 2. The lowest BCUT2D eigenvalue weighted by Crippen LogP contribution is -2.52. The number of hydrogen-bond donors (Lipinski definition) is 3. The number of benzene rings is 3. The zero-order valence-corrected chi connectivity index (χ0v) is 43.9. The number of carbonyl (C=O) groups is 3. The number of likely N-dealkylation sites (tertiary alicyclic amines) is 1. The van der Waals surface area contributed by atoms with E-state index >= 15 is 8.78 Å². The molecule has 69 heavy (non-hydrogen) atoms. The van der Waals surface area contributed by atoms with Crippen LogP contribution in [0.2, 0.25) is 25.2 Å². The average Bonchev–Trinajstić information content (AvgIpc) is 4.16. The van der Waals surface area contributed by atoms with E-state index in [1.807, 2.05) is 51.7 Å². The third-order valence-corrected chi connectivity index (χ3v) is 18.7. The Bertz CT molecular complexity index is 2620. The smallest absolute Gasteiger partial charge is 0.407 e. The highest BCUT2D eigenvalue weighted by atomic mass is 127. The summed E-state index contributed by atoms with van der Waals surface area (Å²) < 4.78 is 50.0. The molecule has 3 aliphatic rings. The Labute approximate surface area is 417 Å². The molecule has 0 saturated carbocycles. The van der Waals surface area contributed by atoms with E-state index in [1.54, 1.807) is 17.1 Å². The first-order valence-corrected chi connectivity index (χ1v) is 28.6. The van der Waals surface area contributed by atoms with Crippen LogP contribution in [0, 0.1) is 11.6 Å². The summed E-state index contributed by atoms with van der Waals surface area (Å²) in [6, 6.07) is 15.9. The fourth-order valence-electron chi connectivity index (χ4n) is 10.3. The van der Waals surface area contributed by atoms with Crippen molar-refractivity contribution in [3.63, 3.8) is 0 Å². The fourth-order valence-corrected chi connectivity index (χ4v) is 12.9. The average molecular weight is 1080 g/mol. The lowest BCUT2D eigenvalue weighted by Gasteiger charge is -2.38. The van der Waals surface area contributed by atoms with E-state index in [2.05, 4.69) is 57.5 Å². The first-order valence-electron chi connectivity index (χ1n) is 24.2. The number of fused-ring (bicyclic) bond motifs is 2. The summed E-state index contributed by atoms with van der Waals surface area (Å²) in [5.41, 5.74) is 5.85. The van der Waals surface area contributed by atoms with Gasteiger partial charge in [-0.1, -0.05) is 25.2 Å². The Morgan fingerprint density at radius 3 is 2.12 bits per heavy atom. The van der Waals surface area contributed by atoms with Crippen LogP contribution in [0.15, 0.2) is 48.5 Å². The van der Waals surface area contributed by atoms with Crippen molar-refractivity contribution < 1.29 is 37.4 Å². The summed E-state index contributed by atoms with van der Waals surface area (Å²) in [5, 5.41) is 2.57. The number of nitrogens with one attached hydrogen (secondary N) is 3. The number of carbonyl (C=O) groups excluding carboxylic acids is 3. The molecule has 8 rings (SSSR count). The third kappa shape index (κ3) is 11.2. The summed E-state index contributed by atoms with van der Waals surface area (Å²) in [4.78, 5) is 61.4. The van der Waals surface area contributed by atoms with E-state index in [0.717, 1.165) is 89.0 Å². The molecule has 15 nitrogen and oxygen atoms in total.